The smallest absolute Gasteiger partial charge is 0.366 e. The van der Waals surface area contributed by atoms with Crippen molar-refractivity contribution in [2.45, 2.75) is 13.3 Å². The molecule has 8 heteroatoms. The third-order valence-corrected chi connectivity index (χ3v) is 2.10. The molecule has 0 unspecified atom stereocenters. The number of rotatable bonds is 6. The first kappa shape index (κ1) is 12.0. The Morgan fingerprint density at radius 3 is 2.94 bits per heavy atom. The highest BCUT2D eigenvalue weighted by atomic mass is 16.6. The Morgan fingerprint density at radius 1 is 1.75 bits per heavy atom. The van der Waals surface area contributed by atoms with Crippen LogP contribution in [-0.4, -0.2) is 39.3 Å². The normalized spacial score (nSPS) is 10.1. The molecule has 1 aromatic rings. The molecule has 16 heavy (non-hydrogen) atoms. The van der Waals surface area contributed by atoms with Crippen LogP contribution in [0.5, 0.6) is 0 Å². The molecule has 0 aliphatic heterocycles. The Bertz CT molecular complexity index is 389. The average molecular weight is 228 g/mol. The second kappa shape index (κ2) is 5.10. The third kappa shape index (κ3) is 2.69. The van der Waals surface area contributed by atoms with Crippen molar-refractivity contribution < 1.29 is 14.8 Å². The number of H-pyrrole nitrogens is 1. The van der Waals surface area contributed by atoms with Crippen molar-refractivity contribution in [3.63, 3.8) is 0 Å². The Hall–Kier alpha value is -2.12. The molecule has 0 bridgehead atoms. The van der Waals surface area contributed by atoms with Crippen LogP contribution in [0, 0.1) is 10.1 Å². The van der Waals surface area contributed by atoms with Gasteiger partial charge in [0.25, 0.3) is 0 Å². The number of nitrogens with one attached hydrogen (secondary N) is 1. The summed E-state index contributed by atoms with van der Waals surface area (Å²) in [5, 5.41) is 25.0. The van der Waals surface area contributed by atoms with Crippen LogP contribution in [0.25, 0.3) is 0 Å². The van der Waals surface area contributed by atoms with Gasteiger partial charge in [0, 0.05) is 13.1 Å². The number of aliphatic carboxylic acids is 1. The first-order valence-corrected chi connectivity index (χ1v) is 4.70. The topological polar surface area (TPSA) is 112 Å². The van der Waals surface area contributed by atoms with Crippen molar-refractivity contribution in [2.24, 2.45) is 0 Å². The van der Waals surface area contributed by atoms with Crippen molar-refractivity contribution >= 4 is 17.5 Å². The highest BCUT2D eigenvalue weighted by Crippen LogP contribution is 2.24. The van der Waals surface area contributed by atoms with E-state index in [2.05, 4.69) is 10.2 Å². The van der Waals surface area contributed by atoms with E-state index < -0.39 is 10.9 Å². The Kier molecular flexibility index (Phi) is 3.81. The van der Waals surface area contributed by atoms with Crippen molar-refractivity contribution in [1.82, 2.24) is 10.2 Å². The van der Waals surface area contributed by atoms with E-state index in [9.17, 15) is 14.9 Å². The number of hydrogen-bond acceptors (Lipinski definition) is 5. The maximum absolute atomic E-state index is 10.6. The molecule has 0 amide bonds. The number of carbonyl (C=O) groups is 1. The number of hydrogen-bond donors (Lipinski definition) is 2. The van der Waals surface area contributed by atoms with Gasteiger partial charge in [0.1, 0.15) is 6.20 Å². The van der Waals surface area contributed by atoms with Gasteiger partial charge in [-0.05, 0) is 11.8 Å². The second-order valence-corrected chi connectivity index (χ2v) is 3.08. The molecule has 0 fully saturated rings. The molecule has 2 N–H and O–H groups in total. The predicted octanol–water partition coefficient (Wildman–Crippen LogP) is 0.619. The van der Waals surface area contributed by atoms with Crippen molar-refractivity contribution in [3.05, 3.63) is 16.3 Å². The standard InChI is InChI=1S/C8H12N4O4/c1-2-11(4-3-7(13)14)6-5-9-10-8(6)12(15)16/h5H,2-4H2,1H3,(H,9,10)(H,13,14). The Labute approximate surface area is 91.0 Å². The molecule has 1 rings (SSSR count). The van der Waals surface area contributed by atoms with Crippen LogP contribution in [0.4, 0.5) is 11.5 Å². The number of carboxylic acids is 1. The van der Waals surface area contributed by atoms with Crippen LogP contribution in [0.1, 0.15) is 13.3 Å². The number of carboxylic acid groups (broad SMARTS) is 1. The summed E-state index contributed by atoms with van der Waals surface area (Å²) in [6.45, 7) is 2.48. The van der Waals surface area contributed by atoms with Crippen LogP contribution < -0.4 is 4.90 Å². The van der Waals surface area contributed by atoms with E-state index in [0.717, 1.165) is 0 Å². The van der Waals surface area contributed by atoms with E-state index in [-0.39, 0.29) is 18.8 Å². The maximum atomic E-state index is 10.6. The van der Waals surface area contributed by atoms with E-state index in [4.69, 9.17) is 5.11 Å². The molecule has 1 heterocycles. The summed E-state index contributed by atoms with van der Waals surface area (Å²) >= 11 is 0. The lowest BCUT2D eigenvalue weighted by molar-refractivity contribution is -0.388. The average Bonchev–Trinajstić information content (AvgIpc) is 2.67. The first-order valence-electron chi connectivity index (χ1n) is 4.70. The monoisotopic (exact) mass is 228 g/mol. The largest absolute Gasteiger partial charge is 0.481 e. The van der Waals surface area contributed by atoms with Crippen molar-refractivity contribution in [3.8, 4) is 0 Å². The van der Waals surface area contributed by atoms with Gasteiger partial charge < -0.3 is 20.1 Å². The van der Waals surface area contributed by atoms with Crippen molar-refractivity contribution in [1.29, 1.82) is 0 Å². The van der Waals surface area contributed by atoms with Crippen LogP contribution in [0.2, 0.25) is 0 Å². The lowest BCUT2D eigenvalue weighted by atomic mass is 10.3. The van der Waals surface area contributed by atoms with Crippen LogP contribution in [-0.2, 0) is 4.79 Å². The molecule has 8 nitrogen and oxygen atoms in total. The molecule has 0 aliphatic rings. The summed E-state index contributed by atoms with van der Waals surface area (Å²) in [6, 6.07) is 0. The molecule has 0 aliphatic carbocycles. The van der Waals surface area contributed by atoms with Gasteiger partial charge in [-0.15, -0.1) is 5.10 Å². The number of nitro groups is 1. The van der Waals surface area contributed by atoms with E-state index in [0.29, 0.717) is 12.2 Å². The summed E-state index contributed by atoms with van der Waals surface area (Å²) in [6.07, 6.45) is 1.25. The Balaban J connectivity index is 2.82. The minimum absolute atomic E-state index is 0.0732. The summed E-state index contributed by atoms with van der Waals surface area (Å²) in [5.41, 5.74) is 0.314. The zero-order chi connectivity index (χ0) is 12.1. The van der Waals surface area contributed by atoms with Crippen LogP contribution in [0.3, 0.4) is 0 Å². The summed E-state index contributed by atoms with van der Waals surface area (Å²) < 4.78 is 0. The van der Waals surface area contributed by atoms with Crippen LogP contribution >= 0.6 is 0 Å². The van der Waals surface area contributed by atoms with Gasteiger partial charge >= 0.3 is 11.8 Å². The molecular formula is C8H12N4O4. The fourth-order valence-electron chi connectivity index (χ4n) is 1.32. The van der Waals surface area contributed by atoms with Gasteiger partial charge in [0.05, 0.1) is 6.42 Å². The molecule has 0 radical (unpaired) electrons. The molecule has 0 spiro atoms. The van der Waals surface area contributed by atoms with Crippen molar-refractivity contribution in [2.75, 3.05) is 18.0 Å². The van der Waals surface area contributed by atoms with E-state index in [1.165, 1.54) is 6.20 Å². The minimum atomic E-state index is -0.940. The summed E-state index contributed by atoms with van der Waals surface area (Å²) in [7, 11) is 0. The molecule has 1 aromatic heterocycles. The molecule has 0 saturated carbocycles. The third-order valence-electron chi connectivity index (χ3n) is 2.10. The summed E-state index contributed by atoms with van der Waals surface area (Å²) in [4.78, 5) is 22.1. The molecule has 0 atom stereocenters. The zero-order valence-electron chi connectivity index (χ0n) is 8.71. The van der Waals surface area contributed by atoms with Gasteiger partial charge in [-0.1, -0.05) is 5.10 Å². The Morgan fingerprint density at radius 2 is 2.44 bits per heavy atom. The van der Waals surface area contributed by atoms with Gasteiger partial charge in [0.2, 0.25) is 0 Å². The van der Waals surface area contributed by atoms with Gasteiger partial charge in [-0.25, -0.2) is 0 Å². The fraction of sp³-hybridized carbons (Fsp3) is 0.500. The highest BCUT2D eigenvalue weighted by molar-refractivity contribution is 5.68. The van der Waals surface area contributed by atoms with Crippen LogP contribution in [0.15, 0.2) is 6.20 Å². The number of nitrogens with zero attached hydrogens (tertiary/aromatic N) is 3. The number of aromatic amines is 1. The SMILES string of the molecule is CCN(CCC(=O)O)c1cn[nH]c1[N+](=O)[O-]. The number of anilines is 1. The highest BCUT2D eigenvalue weighted by Gasteiger charge is 2.20. The van der Waals surface area contributed by atoms with E-state index in [1.807, 2.05) is 0 Å². The summed E-state index contributed by atoms with van der Waals surface area (Å²) in [5.74, 6) is -1.16. The fourth-order valence-corrected chi connectivity index (χ4v) is 1.32. The molecule has 0 aromatic carbocycles. The van der Waals surface area contributed by atoms with Gasteiger partial charge in [-0.2, -0.15) is 0 Å². The lowest BCUT2D eigenvalue weighted by Gasteiger charge is -2.19. The first-order chi connectivity index (χ1) is 7.56. The molecular weight excluding hydrogens is 216 g/mol. The van der Waals surface area contributed by atoms with Gasteiger partial charge in [0.15, 0.2) is 5.69 Å². The van der Waals surface area contributed by atoms with E-state index in [1.54, 1.807) is 11.8 Å². The molecule has 88 valence electrons. The second-order valence-electron chi connectivity index (χ2n) is 3.08. The minimum Gasteiger partial charge on any atom is -0.481 e. The maximum Gasteiger partial charge on any atom is 0.366 e. The quantitative estimate of drug-likeness (QED) is 0.545. The number of aromatic nitrogens is 2. The predicted molar refractivity (Wildman–Crippen MR) is 55.4 cm³/mol. The lowest BCUT2D eigenvalue weighted by Crippen LogP contribution is -2.26. The van der Waals surface area contributed by atoms with Gasteiger partial charge in [-0.3, -0.25) is 4.79 Å². The van der Waals surface area contributed by atoms with E-state index >= 15 is 0 Å². The zero-order valence-corrected chi connectivity index (χ0v) is 8.71. The molecule has 0 saturated heterocycles.